The van der Waals surface area contributed by atoms with E-state index in [1.807, 2.05) is 60.7 Å². The molecule has 4 rings (SSSR count). The summed E-state index contributed by atoms with van der Waals surface area (Å²) in [5.74, 6) is 2.08. The van der Waals surface area contributed by atoms with Crippen molar-refractivity contribution in [3.8, 4) is 17.2 Å². The molecular formula is C23H24N2O4. The SMILES string of the molecule is COc1ccccc1OCNCC(O)COc1cccc2[nH]c3ccccc3c12. The van der Waals surface area contributed by atoms with Crippen LogP contribution < -0.4 is 19.5 Å². The lowest BCUT2D eigenvalue weighted by atomic mass is 10.1. The second kappa shape index (κ2) is 8.86. The average molecular weight is 392 g/mol. The molecule has 0 aliphatic heterocycles. The molecule has 1 aromatic heterocycles. The zero-order valence-electron chi connectivity index (χ0n) is 16.2. The molecule has 1 atom stereocenters. The number of aromatic nitrogens is 1. The van der Waals surface area contributed by atoms with Crippen molar-refractivity contribution in [2.24, 2.45) is 0 Å². The van der Waals surface area contributed by atoms with Crippen LogP contribution in [0.5, 0.6) is 17.2 Å². The third-order valence-corrected chi connectivity index (χ3v) is 4.70. The van der Waals surface area contributed by atoms with Crippen molar-refractivity contribution >= 4 is 21.8 Å². The second-order valence-corrected chi connectivity index (χ2v) is 6.71. The Labute approximate surface area is 169 Å². The van der Waals surface area contributed by atoms with Crippen LogP contribution in [0.15, 0.2) is 66.7 Å². The summed E-state index contributed by atoms with van der Waals surface area (Å²) in [6, 6.07) is 21.4. The zero-order chi connectivity index (χ0) is 20.1. The van der Waals surface area contributed by atoms with Crippen LogP contribution in [0.25, 0.3) is 21.8 Å². The highest BCUT2D eigenvalue weighted by Gasteiger charge is 2.11. The molecule has 0 aliphatic rings. The fraction of sp³-hybridized carbons (Fsp3) is 0.217. The molecule has 4 aromatic rings. The van der Waals surface area contributed by atoms with E-state index >= 15 is 0 Å². The van der Waals surface area contributed by atoms with Crippen molar-refractivity contribution in [1.29, 1.82) is 0 Å². The third-order valence-electron chi connectivity index (χ3n) is 4.70. The minimum absolute atomic E-state index is 0.181. The van der Waals surface area contributed by atoms with Crippen molar-refractivity contribution in [3.63, 3.8) is 0 Å². The molecule has 0 aliphatic carbocycles. The van der Waals surface area contributed by atoms with Gasteiger partial charge in [0.2, 0.25) is 0 Å². The van der Waals surface area contributed by atoms with Gasteiger partial charge >= 0.3 is 0 Å². The largest absolute Gasteiger partial charge is 0.493 e. The number of fused-ring (bicyclic) bond motifs is 3. The molecule has 0 saturated carbocycles. The van der Waals surface area contributed by atoms with Crippen molar-refractivity contribution in [2.75, 3.05) is 27.0 Å². The van der Waals surface area contributed by atoms with Crippen LogP contribution >= 0.6 is 0 Å². The van der Waals surface area contributed by atoms with E-state index in [0.29, 0.717) is 18.0 Å². The van der Waals surface area contributed by atoms with Crippen LogP contribution in [0, 0.1) is 0 Å². The minimum atomic E-state index is -0.670. The van der Waals surface area contributed by atoms with E-state index in [2.05, 4.69) is 16.4 Å². The van der Waals surface area contributed by atoms with Crippen LogP contribution in [-0.4, -0.2) is 43.2 Å². The first kappa shape index (κ1) is 19.1. The Bertz CT molecular complexity index is 1090. The molecule has 0 fully saturated rings. The van der Waals surface area contributed by atoms with E-state index in [4.69, 9.17) is 14.2 Å². The van der Waals surface area contributed by atoms with Gasteiger partial charge in [-0.25, -0.2) is 0 Å². The lowest BCUT2D eigenvalue weighted by molar-refractivity contribution is 0.100. The smallest absolute Gasteiger partial charge is 0.163 e. The maximum atomic E-state index is 10.3. The Morgan fingerprint density at radius 3 is 2.45 bits per heavy atom. The fourth-order valence-corrected chi connectivity index (χ4v) is 3.33. The molecule has 6 nitrogen and oxygen atoms in total. The molecule has 0 saturated heterocycles. The van der Waals surface area contributed by atoms with Crippen molar-refractivity contribution in [2.45, 2.75) is 6.10 Å². The first-order valence-corrected chi connectivity index (χ1v) is 9.53. The van der Waals surface area contributed by atoms with Gasteiger partial charge in [-0.05, 0) is 30.3 Å². The quantitative estimate of drug-likeness (QED) is 0.299. The summed E-state index contributed by atoms with van der Waals surface area (Å²) in [5, 5.41) is 15.5. The maximum absolute atomic E-state index is 10.3. The van der Waals surface area contributed by atoms with Crippen molar-refractivity contribution < 1.29 is 19.3 Å². The average Bonchev–Trinajstić information content (AvgIpc) is 3.15. The van der Waals surface area contributed by atoms with Gasteiger partial charge in [0.1, 0.15) is 25.2 Å². The Kier molecular flexibility index (Phi) is 5.84. The van der Waals surface area contributed by atoms with E-state index in [9.17, 15) is 5.11 Å². The van der Waals surface area contributed by atoms with Crippen LogP contribution in [0.4, 0.5) is 0 Å². The molecule has 1 unspecified atom stereocenters. The number of benzene rings is 3. The van der Waals surface area contributed by atoms with E-state index in [1.54, 1.807) is 7.11 Å². The normalized spacial score (nSPS) is 12.2. The number of nitrogens with one attached hydrogen (secondary N) is 2. The Balaban J connectivity index is 1.31. The fourth-order valence-electron chi connectivity index (χ4n) is 3.33. The zero-order valence-corrected chi connectivity index (χ0v) is 16.2. The maximum Gasteiger partial charge on any atom is 0.163 e. The predicted molar refractivity (Wildman–Crippen MR) is 114 cm³/mol. The number of H-pyrrole nitrogens is 1. The summed E-state index contributed by atoms with van der Waals surface area (Å²) in [5.41, 5.74) is 2.08. The standard InChI is InChI=1S/C23H24N2O4/c1-27-20-10-4-5-11-21(20)29-15-24-13-16(26)14-28-22-12-6-9-19-23(22)17-7-2-3-8-18(17)25-19/h2-12,16,24-26H,13-15H2,1H3. The molecule has 6 heteroatoms. The van der Waals surface area contributed by atoms with Gasteiger partial charge in [0.05, 0.1) is 12.6 Å². The van der Waals surface area contributed by atoms with Gasteiger partial charge < -0.3 is 24.3 Å². The number of hydrogen-bond acceptors (Lipinski definition) is 5. The number of hydrogen-bond donors (Lipinski definition) is 3. The van der Waals surface area contributed by atoms with Crippen LogP contribution in [0.2, 0.25) is 0 Å². The summed E-state index contributed by atoms with van der Waals surface area (Å²) >= 11 is 0. The molecule has 150 valence electrons. The Morgan fingerprint density at radius 1 is 0.862 bits per heavy atom. The van der Waals surface area contributed by atoms with Gasteiger partial charge in [0.25, 0.3) is 0 Å². The van der Waals surface area contributed by atoms with Crippen LogP contribution in [0.1, 0.15) is 0 Å². The number of ether oxygens (including phenoxy) is 3. The van der Waals surface area contributed by atoms with E-state index in [0.717, 1.165) is 27.6 Å². The molecule has 3 N–H and O–H groups in total. The highest BCUT2D eigenvalue weighted by molar-refractivity contribution is 6.10. The Hall–Kier alpha value is -3.22. The van der Waals surface area contributed by atoms with E-state index < -0.39 is 6.10 Å². The summed E-state index contributed by atoms with van der Waals surface area (Å²) in [6.07, 6.45) is -0.670. The molecule has 0 radical (unpaired) electrons. The number of aliphatic hydroxyl groups is 1. The summed E-state index contributed by atoms with van der Waals surface area (Å²) < 4.78 is 16.8. The number of aliphatic hydroxyl groups excluding tert-OH is 1. The second-order valence-electron chi connectivity index (χ2n) is 6.71. The predicted octanol–water partition coefficient (Wildman–Crippen LogP) is 3.70. The lowest BCUT2D eigenvalue weighted by Crippen LogP contribution is -2.33. The van der Waals surface area contributed by atoms with E-state index in [-0.39, 0.29) is 13.3 Å². The van der Waals surface area contributed by atoms with Gasteiger partial charge in [0.15, 0.2) is 11.5 Å². The summed E-state index contributed by atoms with van der Waals surface area (Å²) in [6.45, 7) is 0.786. The molecule has 1 heterocycles. The van der Waals surface area contributed by atoms with Gasteiger partial charge in [-0.3, -0.25) is 5.32 Å². The van der Waals surface area contributed by atoms with Gasteiger partial charge in [-0.2, -0.15) is 0 Å². The number of rotatable bonds is 9. The van der Waals surface area contributed by atoms with Gasteiger partial charge in [-0.15, -0.1) is 0 Å². The first-order valence-electron chi connectivity index (χ1n) is 9.53. The molecule has 29 heavy (non-hydrogen) atoms. The number of para-hydroxylation sites is 3. The molecule has 0 bridgehead atoms. The highest BCUT2D eigenvalue weighted by Crippen LogP contribution is 2.33. The third kappa shape index (κ3) is 4.29. The first-order chi connectivity index (χ1) is 14.3. The minimum Gasteiger partial charge on any atom is -0.493 e. The van der Waals surface area contributed by atoms with Crippen molar-refractivity contribution in [1.82, 2.24) is 10.3 Å². The van der Waals surface area contributed by atoms with Gasteiger partial charge in [0, 0.05) is 22.8 Å². The van der Waals surface area contributed by atoms with E-state index in [1.165, 1.54) is 0 Å². The van der Waals surface area contributed by atoms with Crippen LogP contribution in [0.3, 0.4) is 0 Å². The topological polar surface area (TPSA) is 75.7 Å². The van der Waals surface area contributed by atoms with Crippen molar-refractivity contribution in [3.05, 3.63) is 66.7 Å². The van der Waals surface area contributed by atoms with Crippen LogP contribution in [-0.2, 0) is 0 Å². The highest BCUT2D eigenvalue weighted by atomic mass is 16.5. The lowest BCUT2D eigenvalue weighted by Gasteiger charge is -2.15. The monoisotopic (exact) mass is 392 g/mol. The summed E-state index contributed by atoms with van der Waals surface area (Å²) in [4.78, 5) is 3.39. The molecular weight excluding hydrogens is 368 g/mol. The molecule has 0 spiro atoms. The molecule has 0 amide bonds. The molecule has 3 aromatic carbocycles. The summed E-state index contributed by atoms with van der Waals surface area (Å²) in [7, 11) is 1.60. The van der Waals surface area contributed by atoms with Gasteiger partial charge in [-0.1, -0.05) is 36.4 Å². The number of aromatic amines is 1. The number of methoxy groups -OCH3 is 1. The Morgan fingerprint density at radius 2 is 1.59 bits per heavy atom.